The third-order valence-electron chi connectivity index (χ3n) is 9.11. The normalized spacial score (nSPS) is 25.1. The third kappa shape index (κ3) is 7.30. The molecule has 2 aromatic rings. The van der Waals surface area contributed by atoms with Gasteiger partial charge in [0.25, 0.3) is 0 Å². The number of alkyl halides is 3. The minimum absolute atomic E-state index is 0.0365. The number of benzene rings is 1. The van der Waals surface area contributed by atoms with Crippen LogP contribution in [-0.4, -0.2) is 83.5 Å². The highest BCUT2D eigenvalue weighted by molar-refractivity contribution is 6.42. The number of ether oxygens (including phenoxy) is 1. The van der Waals surface area contributed by atoms with Gasteiger partial charge in [-0.1, -0.05) is 29.3 Å². The summed E-state index contributed by atoms with van der Waals surface area (Å²) in [7, 11) is 1.62. The van der Waals surface area contributed by atoms with Crippen molar-refractivity contribution in [3.63, 3.8) is 0 Å². The second kappa shape index (κ2) is 13.1. The first-order valence-corrected chi connectivity index (χ1v) is 15.5. The number of amides is 2. The molecule has 13 heteroatoms. The first kappa shape index (κ1) is 31.6. The molecule has 1 saturated carbocycles. The highest BCUT2D eigenvalue weighted by Gasteiger charge is 2.44. The van der Waals surface area contributed by atoms with E-state index in [0.29, 0.717) is 49.1 Å². The summed E-state index contributed by atoms with van der Waals surface area (Å²) in [5.41, 5.74) is 1.68. The van der Waals surface area contributed by atoms with Crippen molar-refractivity contribution in [2.45, 2.75) is 69.7 Å². The van der Waals surface area contributed by atoms with Crippen LogP contribution < -0.4 is 4.90 Å². The lowest BCUT2D eigenvalue weighted by Crippen LogP contribution is -2.45. The van der Waals surface area contributed by atoms with E-state index in [1.54, 1.807) is 19.2 Å². The summed E-state index contributed by atoms with van der Waals surface area (Å²) in [4.78, 5) is 32.4. The third-order valence-corrected chi connectivity index (χ3v) is 9.85. The number of nitrogens with zero attached hydrogens (tertiary/aromatic N) is 5. The van der Waals surface area contributed by atoms with E-state index in [-0.39, 0.29) is 43.4 Å². The molecule has 5 rings (SSSR count). The topological polar surface area (TPSA) is 78.9 Å². The van der Waals surface area contributed by atoms with Gasteiger partial charge < -0.3 is 19.4 Å². The number of likely N-dealkylation sites (N-methyl/N-ethyl adjacent to an activating group) is 1. The van der Waals surface area contributed by atoms with Gasteiger partial charge in [0, 0.05) is 45.1 Å². The summed E-state index contributed by atoms with van der Waals surface area (Å²) in [5.74, 6) is -0.937. The second-order valence-electron chi connectivity index (χ2n) is 11.9. The fourth-order valence-corrected chi connectivity index (χ4v) is 6.78. The largest absolute Gasteiger partial charge is 0.446 e. The monoisotopic (exact) mass is 641 g/mol. The van der Waals surface area contributed by atoms with Crippen LogP contribution in [0.25, 0.3) is 0 Å². The van der Waals surface area contributed by atoms with E-state index < -0.39 is 30.3 Å². The van der Waals surface area contributed by atoms with Crippen molar-refractivity contribution in [3.8, 4) is 0 Å². The van der Waals surface area contributed by atoms with E-state index >= 15 is 0 Å². The summed E-state index contributed by atoms with van der Waals surface area (Å²) < 4.78 is 45.0. The van der Waals surface area contributed by atoms with Crippen molar-refractivity contribution < 1.29 is 27.5 Å². The molecule has 2 saturated heterocycles. The first-order chi connectivity index (χ1) is 20.4. The molecular formula is C30H36Cl2F3N5O3. The molecule has 1 unspecified atom stereocenters. The Labute approximate surface area is 259 Å². The highest BCUT2D eigenvalue weighted by atomic mass is 35.5. The van der Waals surface area contributed by atoms with Crippen LogP contribution in [0.15, 0.2) is 30.3 Å². The predicted molar refractivity (Wildman–Crippen MR) is 157 cm³/mol. The number of aromatic nitrogens is 2. The number of rotatable bonds is 5. The minimum atomic E-state index is -4.23. The van der Waals surface area contributed by atoms with Crippen LogP contribution >= 0.6 is 23.2 Å². The fourth-order valence-electron chi connectivity index (χ4n) is 6.47. The van der Waals surface area contributed by atoms with E-state index in [2.05, 4.69) is 15.1 Å². The second-order valence-corrected chi connectivity index (χ2v) is 12.7. The van der Waals surface area contributed by atoms with Gasteiger partial charge in [0.05, 0.1) is 27.7 Å². The van der Waals surface area contributed by atoms with Crippen LogP contribution in [0, 0.1) is 18.8 Å². The number of carbonyl (C=O) groups excluding carboxylic acids is 2. The van der Waals surface area contributed by atoms with Crippen molar-refractivity contribution in [1.82, 2.24) is 20.0 Å². The number of aryl methyl sites for hydroxylation is 1. The van der Waals surface area contributed by atoms with E-state index in [1.807, 2.05) is 30.0 Å². The Morgan fingerprint density at radius 1 is 0.953 bits per heavy atom. The fraction of sp³-hybridized carbons (Fsp3) is 0.600. The van der Waals surface area contributed by atoms with Crippen LogP contribution in [0.3, 0.4) is 0 Å². The summed E-state index contributed by atoms with van der Waals surface area (Å²) in [6.45, 7) is 3.95. The lowest BCUT2D eigenvalue weighted by Gasteiger charge is -2.34. The van der Waals surface area contributed by atoms with Crippen molar-refractivity contribution in [3.05, 3.63) is 51.6 Å². The van der Waals surface area contributed by atoms with Crippen molar-refractivity contribution in [2.24, 2.45) is 11.8 Å². The number of anilines is 1. The van der Waals surface area contributed by atoms with E-state index in [4.69, 9.17) is 27.9 Å². The quantitative estimate of drug-likeness (QED) is 0.371. The predicted octanol–water partition coefficient (Wildman–Crippen LogP) is 6.49. The summed E-state index contributed by atoms with van der Waals surface area (Å²) in [6, 6.07) is 8.74. The number of likely N-dealkylation sites (tertiary alicyclic amines) is 1. The van der Waals surface area contributed by atoms with Gasteiger partial charge in [-0.3, -0.25) is 4.79 Å². The smallest absolute Gasteiger partial charge is 0.410 e. The molecule has 2 aliphatic heterocycles. The Hall–Kier alpha value is -2.79. The maximum absolute atomic E-state index is 13.8. The van der Waals surface area contributed by atoms with Crippen LogP contribution in [0.1, 0.15) is 55.7 Å². The zero-order valence-electron chi connectivity index (χ0n) is 24.2. The van der Waals surface area contributed by atoms with E-state index in [0.717, 1.165) is 17.1 Å². The lowest BCUT2D eigenvalue weighted by atomic mass is 9.87. The van der Waals surface area contributed by atoms with Gasteiger partial charge in [-0.2, -0.15) is 18.3 Å². The zero-order valence-corrected chi connectivity index (χ0v) is 25.7. The zero-order chi connectivity index (χ0) is 30.9. The Morgan fingerprint density at radius 3 is 2.26 bits per heavy atom. The Balaban J connectivity index is 1.25. The summed E-state index contributed by atoms with van der Waals surface area (Å²) in [6.07, 6.45) is -3.84. The number of hydrogen-bond donors (Lipinski definition) is 0. The lowest BCUT2D eigenvalue weighted by molar-refractivity contribution is -0.186. The Morgan fingerprint density at radius 2 is 1.65 bits per heavy atom. The van der Waals surface area contributed by atoms with Gasteiger partial charge in [0.1, 0.15) is 6.10 Å². The van der Waals surface area contributed by atoms with E-state index in [9.17, 15) is 22.8 Å². The molecule has 3 fully saturated rings. The molecule has 0 bridgehead atoms. The van der Waals surface area contributed by atoms with Crippen molar-refractivity contribution in [1.29, 1.82) is 0 Å². The van der Waals surface area contributed by atoms with Crippen molar-refractivity contribution >= 4 is 41.0 Å². The first-order valence-electron chi connectivity index (χ1n) is 14.7. The average Bonchev–Trinajstić information content (AvgIpc) is 3.43. The minimum Gasteiger partial charge on any atom is -0.446 e. The van der Waals surface area contributed by atoms with Gasteiger partial charge in [0.2, 0.25) is 5.91 Å². The molecule has 1 aliphatic carbocycles. The molecule has 2 atom stereocenters. The molecular weight excluding hydrogens is 606 g/mol. The van der Waals surface area contributed by atoms with Crippen LogP contribution in [-0.2, 0) is 9.53 Å². The maximum atomic E-state index is 13.8. The molecule has 3 aliphatic rings. The number of piperidine rings is 1. The molecule has 43 heavy (non-hydrogen) atoms. The standard InChI is InChI=1S/C30H36Cl2F3N5O3/c1-18-3-10-27(37-36-18)39-13-11-19(12-14-39)28(41)40-16-23(20-4-9-24(31)25(32)15-20)26(17-40)38(2)29(42)43-22-7-5-21(6-8-22)30(33,34)35/h3-4,9-10,15,19,21-23,26H,5-8,11-14,16-17H2,1-2H3/t21?,22?,23?,26-/m1/s1. The highest BCUT2D eigenvalue weighted by Crippen LogP contribution is 2.39. The van der Waals surface area contributed by atoms with E-state index in [1.165, 1.54) is 4.90 Å². The molecule has 0 N–H and O–H groups in total. The van der Waals surface area contributed by atoms with Gasteiger partial charge in [0.15, 0.2) is 5.82 Å². The Bertz CT molecular complexity index is 1300. The molecule has 2 amide bonds. The molecule has 0 radical (unpaired) electrons. The number of hydrogen-bond acceptors (Lipinski definition) is 6. The van der Waals surface area contributed by atoms with Gasteiger partial charge in [-0.15, -0.1) is 5.10 Å². The molecule has 0 spiro atoms. The van der Waals surface area contributed by atoms with Gasteiger partial charge in [-0.25, -0.2) is 4.79 Å². The van der Waals surface area contributed by atoms with Crippen LogP contribution in [0.2, 0.25) is 10.0 Å². The maximum Gasteiger partial charge on any atom is 0.410 e. The average molecular weight is 643 g/mol. The number of halogens is 5. The number of carbonyl (C=O) groups is 2. The summed E-state index contributed by atoms with van der Waals surface area (Å²) in [5, 5.41) is 9.18. The van der Waals surface area contributed by atoms with Gasteiger partial charge in [-0.05, 0) is 75.3 Å². The molecule has 234 valence electrons. The summed E-state index contributed by atoms with van der Waals surface area (Å²) >= 11 is 12.5. The molecule has 8 nitrogen and oxygen atoms in total. The van der Waals surface area contributed by atoms with Crippen LogP contribution in [0.4, 0.5) is 23.8 Å². The Kier molecular flexibility index (Phi) is 9.61. The van der Waals surface area contributed by atoms with Crippen molar-refractivity contribution in [2.75, 3.05) is 38.1 Å². The molecule has 1 aromatic heterocycles. The van der Waals surface area contributed by atoms with Crippen LogP contribution in [0.5, 0.6) is 0 Å². The molecule has 3 heterocycles. The SMILES string of the molecule is Cc1ccc(N2CCC(C(=O)N3CC(c4ccc(Cl)c(Cl)c4)[C@H](N(C)C(=O)OC4CCC(C(F)(F)F)CC4)C3)CC2)nn1. The molecule has 1 aromatic carbocycles. The van der Waals surface area contributed by atoms with Gasteiger partial charge >= 0.3 is 12.3 Å².